The standard InChI is InChI=1S/C6H7N3O3/c1-8-3-7-9(2,4-10)6(12)5(8)11/h4H,1-2H3/q+1. The molecule has 0 bridgehead atoms. The van der Waals surface area contributed by atoms with Crippen LogP contribution in [0.15, 0.2) is 5.10 Å². The van der Waals surface area contributed by atoms with Crippen molar-refractivity contribution in [2.75, 3.05) is 14.1 Å². The molecule has 0 saturated carbocycles. The van der Waals surface area contributed by atoms with Gasteiger partial charge in [0.25, 0.3) is 0 Å². The maximum absolute atomic E-state index is 11.1. The second-order valence-electron chi connectivity index (χ2n) is 2.50. The Kier molecular flexibility index (Phi) is 1.77. The maximum atomic E-state index is 11.1. The molecule has 12 heavy (non-hydrogen) atoms. The Morgan fingerprint density at radius 3 is 2.67 bits per heavy atom. The van der Waals surface area contributed by atoms with E-state index < -0.39 is 16.4 Å². The second kappa shape index (κ2) is 2.49. The Hall–Kier alpha value is -1.56. The van der Waals surface area contributed by atoms with Crippen molar-refractivity contribution in [3.05, 3.63) is 0 Å². The first-order valence-electron chi connectivity index (χ1n) is 3.14. The number of carbonyl (C=O) groups is 3. The Morgan fingerprint density at radius 2 is 2.17 bits per heavy atom. The highest BCUT2D eigenvalue weighted by atomic mass is 16.2. The van der Waals surface area contributed by atoms with Crippen LogP contribution < -0.4 is 0 Å². The molecule has 0 N–H and O–H groups in total. The Labute approximate surface area is 68.6 Å². The van der Waals surface area contributed by atoms with Crippen molar-refractivity contribution >= 4 is 24.6 Å². The number of rotatable bonds is 1. The summed E-state index contributed by atoms with van der Waals surface area (Å²) in [6.45, 7) is 0. The van der Waals surface area contributed by atoms with E-state index in [0.29, 0.717) is 0 Å². The van der Waals surface area contributed by atoms with Gasteiger partial charge in [-0.15, -0.1) is 0 Å². The summed E-state index contributed by atoms with van der Waals surface area (Å²) in [5.74, 6) is -1.68. The van der Waals surface area contributed by atoms with E-state index >= 15 is 0 Å². The van der Waals surface area contributed by atoms with Crippen molar-refractivity contribution < 1.29 is 19.0 Å². The van der Waals surface area contributed by atoms with Crippen molar-refractivity contribution in [1.82, 2.24) is 4.90 Å². The molecule has 1 unspecified atom stereocenters. The Morgan fingerprint density at radius 1 is 1.58 bits per heavy atom. The Balaban J connectivity index is 3.12. The molecular formula is C6H7N3O3+. The monoisotopic (exact) mass is 169 g/mol. The van der Waals surface area contributed by atoms with Crippen molar-refractivity contribution in [2.45, 2.75) is 0 Å². The van der Waals surface area contributed by atoms with Crippen LogP contribution in [0.3, 0.4) is 0 Å². The molecule has 0 aromatic heterocycles. The van der Waals surface area contributed by atoms with Gasteiger partial charge in [0.1, 0.15) is 7.05 Å². The van der Waals surface area contributed by atoms with Crippen LogP contribution >= 0.6 is 0 Å². The first-order chi connectivity index (χ1) is 5.51. The highest BCUT2D eigenvalue weighted by Crippen LogP contribution is 2.06. The van der Waals surface area contributed by atoms with Gasteiger partial charge in [0.05, 0.1) is 0 Å². The van der Waals surface area contributed by atoms with Crippen LogP contribution in [-0.2, 0) is 14.4 Å². The summed E-state index contributed by atoms with van der Waals surface area (Å²) in [6, 6.07) is 0. The SMILES string of the molecule is CN1[C]=N[N+](C)(C=O)C(=O)C1=O. The molecule has 0 aromatic rings. The maximum Gasteiger partial charge on any atom is 0.437 e. The van der Waals surface area contributed by atoms with Gasteiger partial charge >= 0.3 is 18.2 Å². The normalized spacial score (nSPS) is 29.3. The summed E-state index contributed by atoms with van der Waals surface area (Å²) in [5, 5.41) is 3.47. The van der Waals surface area contributed by atoms with Gasteiger partial charge in [-0.1, -0.05) is 4.59 Å². The molecule has 63 valence electrons. The highest BCUT2D eigenvalue weighted by Gasteiger charge is 2.43. The van der Waals surface area contributed by atoms with Gasteiger partial charge in [0.2, 0.25) is 6.34 Å². The summed E-state index contributed by atoms with van der Waals surface area (Å²) >= 11 is 0. The minimum Gasteiger partial charge on any atom is -0.280 e. The lowest BCUT2D eigenvalue weighted by Gasteiger charge is -2.21. The van der Waals surface area contributed by atoms with Gasteiger partial charge in [-0.2, -0.15) is 0 Å². The van der Waals surface area contributed by atoms with Crippen LogP contribution in [0, 0.1) is 0 Å². The fourth-order valence-corrected chi connectivity index (χ4v) is 0.659. The van der Waals surface area contributed by atoms with Crippen LogP contribution in [0.2, 0.25) is 0 Å². The molecule has 1 heterocycles. The lowest BCUT2D eigenvalue weighted by molar-refractivity contribution is -0.751. The lowest BCUT2D eigenvalue weighted by atomic mass is 10.4. The third-order valence-electron chi connectivity index (χ3n) is 1.51. The van der Waals surface area contributed by atoms with Crippen LogP contribution in [0.1, 0.15) is 0 Å². The second-order valence-corrected chi connectivity index (χ2v) is 2.50. The summed E-state index contributed by atoms with van der Waals surface area (Å²) in [4.78, 5) is 33.4. The smallest absolute Gasteiger partial charge is 0.280 e. The lowest BCUT2D eigenvalue weighted by Crippen LogP contribution is -2.55. The minimum atomic E-state index is -0.914. The van der Waals surface area contributed by atoms with Crippen molar-refractivity contribution in [3.63, 3.8) is 0 Å². The van der Waals surface area contributed by atoms with E-state index in [-0.39, 0.29) is 6.41 Å². The molecule has 1 atom stereocenters. The Bertz CT molecular complexity index is 286. The zero-order chi connectivity index (χ0) is 9.35. The molecular weight excluding hydrogens is 162 g/mol. The average molecular weight is 169 g/mol. The van der Waals surface area contributed by atoms with E-state index in [1.165, 1.54) is 14.1 Å². The third kappa shape index (κ3) is 1.02. The summed E-state index contributed by atoms with van der Waals surface area (Å²) < 4.78 is -0.914. The third-order valence-corrected chi connectivity index (χ3v) is 1.51. The first-order valence-corrected chi connectivity index (χ1v) is 3.14. The molecule has 1 radical (unpaired) electrons. The van der Waals surface area contributed by atoms with E-state index in [4.69, 9.17) is 0 Å². The van der Waals surface area contributed by atoms with Crippen LogP contribution in [-0.4, -0.2) is 48.2 Å². The zero-order valence-corrected chi connectivity index (χ0v) is 6.64. The van der Waals surface area contributed by atoms with Gasteiger partial charge < -0.3 is 0 Å². The fraction of sp³-hybridized carbons (Fsp3) is 0.333. The quantitative estimate of drug-likeness (QED) is 0.270. The van der Waals surface area contributed by atoms with E-state index in [2.05, 4.69) is 11.4 Å². The van der Waals surface area contributed by atoms with Crippen LogP contribution in [0.4, 0.5) is 0 Å². The van der Waals surface area contributed by atoms with Gasteiger partial charge in [0.15, 0.2) is 0 Å². The predicted molar refractivity (Wildman–Crippen MR) is 37.5 cm³/mol. The fourth-order valence-electron chi connectivity index (χ4n) is 0.659. The number of amides is 3. The molecule has 1 rings (SSSR count). The topological polar surface area (TPSA) is 66.8 Å². The van der Waals surface area contributed by atoms with Gasteiger partial charge in [-0.05, 0) is 5.10 Å². The molecule has 0 fully saturated rings. The molecule has 1 aliphatic rings. The van der Waals surface area contributed by atoms with Crippen molar-refractivity contribution in [3.8, 4) is 0 Å². The number of likely N-dealkylation sites (N-methyl/N-ethyl adjacent to an activating group) is 2. The summed E-state index contributed by atoms with van der Waals surface area (Å²) in [6.07, 6.45) is 2.51. The first kappa shape index (κ1) is 8.54. The number of carbonyl (C=O) groups excluding carboxylic acids is 3. The van der Waals surface area contributed by atoms with Gasteiger partial charge in [-0.25, -0.2) is 9.59 Å². The molecule has 0 aliphatic carbocycles. The van der Waals surface area contributed by atoms with E-state index in [1.54, 1.807) is 0 Å². The molecule has 1 aliphatic heterocycles. The number of hydrogen-bond donors (Lipinski definition) is 0. The van der Waals surface area contributed by atoms with Crippen molar-refractivity contribution in [1.29, 1.82) is 0 Å². The zero-order valence-electron chi connectivity index (χ0n) is 6.64. The average Bonchev–Trinajstić information content (AvgIpc) is 2.09. The predicted octanol–water partition coefficient (Wildman–Crippen LogP) is -1.59. The number of hydrogen-bond acceptors (Lipinski definition) is 4. The summed E-state index contributed by atoms with van der Waals surface area (Å²) in [7, 11) is 2.56. The largest absolute Gasteiger partial charge is 0.437 e. The number of nitrogens with zero attached hydrogens (tertiary/aromatic N) is 3. The van der Waals surface area contributed by atoms with Crippen LogP contribution in [0.25, 0.3) is 0 Å². The van der Waals surface area contributed by atoms with Gasteiger partial charge in [-0.3, -0.25) is 9.69 Å². The van der Waals surface area contributed by atoms with Crippen molar-refractivity contribution in [2.24, 2.45) is 5.10 Å². The van der Waals surface area contributed by atoms with E-state index in [0.717, 1.165) is 4.90 Å². The molecule has 3 amide bonds. The van der Waals surface area contributed by atoms with Gasteiger partial charge in [0, 0.05) is 7.05 Å². The highest BCUT2D eigenvalue weighted by molar-refractivity contribution is 6.35. The van der Waals surface area contributed by atoms with E-state index in [9.17, 15) is 14.4 Å². The molecule has 0 saturated heterocycles. The van der Waals surface area contributed by atoms with Crippen LogP contribution in [0.5, 0.6) is 0 Å². The number of imide groups is 1. The minimum absolute atomic E-state index is 0.278. The summed E-state index contributed by atoms with van der Waals surface area (Å²) in [5.41, 5.74) is 0. The van der Waals surface area contributed by atoms with E-state index in [1.807, 2.05) is 0 Å². The molecule has 6 nitrogen and oxygen atoms in total. The number of quaternary nitrogens is 1. The molecule has 6 heteroatoms. The molecule has 0 aromatic carbocycles. The molecule has 0 spiro atoms.